The minimum atomic E-state index is 1.05. The Labute approximate surface area is 132 Å². The maximum atomic E-state index is 4.73. The molecule has 0 fully saturated rings. The molecule has 0 saturated heterocycles. The van der Waals surface area contributed by atoms with Crippen LogP contribution in [0.25, 0.3) is 22.4 Å². The molecular formula is C21H21N. The van der Waals surface area contributed by atoms with E-state index < -0.39 is 0 Å². The number of aromatic nitrogens is 1. The zero-order valence-electron chi connectivity index (χ0n) is 13.2. The maximum absolute atomic E-state index is 4.73. The fourth-order valence-electron chi connectivity index (χ4n) is 2.79. The lowest BCUT2D eigenvalue weighted by Crippen LogP contribution is -1.91. The number of pyridine rings is 1. The van der Waals surface area contributed by atoms with Gasteiger partial charge in [0.25, 0.3) is 0 Å². The Morgan fingerprint density at radius 1 is 0.773 bits per heavy atom. The standard InChI is InChI=1S/C21H21N/c1-3-8-17-9-7-12-19(14-17)21-15-20(13-16(2)22-21)18-10-5-4-6-11-18/h4-7,9-15H,3,8H2,1-2H3. The summed E-state index contributed by atoms with van der Waals surface area (Å²) in [5.41, 5.74) is 7.15. The minimum absolute atomic E-state index is 1.05. The van der Waals surface area contributed by atoms with Gasteiger partial charge in [-0.3, -0.25) is 4.98 Å². The van der Waals surface area contributed by atoms with Crippen LogP contribution in [0, 0.1) is 6.92 Å². The van der Waals surface area contributed by atoms with E-state index in [1.807, 2.05) is 6.07 Å². The van der Waals surface area contributed by atoms with Crippen LogP contribution in [-0.4, -0.2) is 4.98 Å². The Morgan fingerprint density at radius 3 is 2.32 bits per heavy atom. The van der Waals surface area contributed by atoms with Crippen molar-refractivity contribution in [3.05, 3.63) is 78.0 Å². The first-order chi connectivity index (χ1) is 10.8. The van der Waals surface area contributed by atoms with E-state index in [-0.39, 0.29) is 0 Å². The number of benzene rings is 2. The highest BCUT2D eigenvalue weighted by molar-refractivity contribution is 5.71. The summed E-state index contributed by atoms with van der Waals surface area (Å²) in [6.45, 7) is 4.27. The molecule has 0 amide bonds. The topological polar surface area (TPSA) is 12.9 Å². The summed E-state index contributed by atoms with van der Waals surface area (Å²) in [5.74, 6) is 0. The fraction of sp³-hybridized carbons (Fsp3) is 0.190. The van der Waals surface area contributed by atoms with Crippen molar-refractivity contribution in [1.29, 1.82) is 0 Å². The van der Waals surface area contributed by atoms with Crippen LogP contribution < -0.4 is 0 Å². The number of nitrogens with zero attached hydrogens (tertiary/aromatic N) is 1. The summed E-state index contributed by atoms with van der Waals surface area (Å²) in [6, 6.07) is 23.6. The zero-order chi connectivity index (χ0) is 15.4. The Balaban J connectivity index is 2.04. The quantitative estimate of drug-likeness (QED) is 0.602. The molecule has 1 nitrogen and oxygen atoms in total. The molecule has 0 radical (unpaired) electrons. The minimum Gasteiger partial charge on any atom is -0.253 e. The predicted molar refractivity (Wildman–Crippen MR) is 93.8 cm³/mol. The number of rotatable bonds is 4. The fourth-order valence-corrected chi connectivity index (χ4v) is 2.79. The van der Waals surface area contributed by atoms with Gasteiger partial charge in [-0.25, -0.2) is 0 Å². The Bertz CT molecular complexity index is 760. The second-order valence-corrected chi connectivity index (χ2v) is 5.70. The molecule has 0 saturated carbocycles. The summed E-state index contributed by atoms with van der Waals surface area (Å²) in [7, 11) is 0. The SMILES string of the molecule is CCCc1cccc(-c2cc(-c3ccccc3)cc(C)n2)c1. The van der Waals surface area contributed by atoms with Crippen LogP contribution in [-0.2, 0) is 6.42 Å². The highest BCUT2D eigenvalue weighted by Crippen LogP contribution is 2.26. The van der Waals surface area contributed by atoms with Crippen LogP contribution in [0.3, 0.4) is 0 Å². The van der Waals surface area contributed by atoms with Gasteiger partial charge in [0.2, 0.25) is 0 Å². The average molecular weight is 287 g/mol. The molecule has 3 rings (SSSR count). The van der Waals surface area contributed by atoms with Crippen LogP contribution in [0.2, 0.25) is 0 Å². The summed E-state index contributed by atoms with van der Waals surface area (Å²) < 4.78 is 0. The van der Waals surface area contributed by atoms with Crippen LogP contribution in [0.1, 0.15) is 24.6 Å². The molecular weight excluding hydrogens is 266 g/mol. The van der Waals surface area contributed by atoms with E-state index in [1.165, 1.54) is 28.7 Å². The molecule has 0 atom stereocenters. The molecule has 0 N–H and O–H groups in total. The second-order valence-electron chi connectivity index (χ2n) is 5.70. The van der Waals surface area contributed by atoms with E-state index in [4.69, 9.17) is 4.98 Å². The molecule has 2 aromatic carbocycles. The molecule has 0 spiro atoms. The number of hydrogen-bond donors (Lipinski definition) is 0. The number of aryl methyl sites for hydroxylation is 2. The Kier molecular flexibility index (Phi) is 4.34. The van der Waals surface area contributed by atoms with Crippen molar-refractivity contribution in [2.24, 2.45) is 0 Å². The van der Waals surface area contributed by atoms with Crippen LogP contribution in [0.4, 0.5) is 0 Å². The van der Waals surface area contributed by atoms with Crippen molar-refractivity contribution in [3.63, 3.8) is 0 Å². The summed E-state index contributed by atoms with van der Waals surface area (Å²) in [4.78, 5) is 4.73. The van der Waals surface area contributed by atoms with Gasteiger partial charge in [-0.15, -0.1) is 0 Å². The summed E-state index contributed by atoms with van der Waals surface area (Å²) >= 11 is 0. The molecule has 0 aliphatic rings. The summed E-state index contributed by atoms with van der Waals surface area (Å²) in [5, 5.41) is 0. The third kappa shape index (κ3) is 3.25. The van der Waals surface area contributed by atoms with Gasteiger partial charge in [-0.2, -0.15) is 0 Å². The van der Waals surface area contributed by atoms with Gasteiger partial charge < -0.3 is 0 Å². The van der Waals surface area contributed by atoms with E-state index in [9.17, 15) is 0 Å². The highest BCUT2D eigenvalue weighted by atomic mass is 14.7. The van der Waals surface area contributed by atoms with Gasteiger partial charge in [0.05, 0.1) is 5.69 Å². The molecule has 110 valence electrons. The van der Waals surface area contributed by atoms with Crippen LogP contribution in [0.15, 0.2) is 66.7 Å². The first-order valence-electron chi connectivity index (χ1n) is 7.89. The van der Waals surface area contributed by atoms with E-state index in [0.717, 1.165) is 17.8 Å². The lowest BCUT2D eigenvalue weighted by molar-refractivity contribution is 0.922. The predicted octanol–water partition coefficient (Wildman–Crippen LogP) is 5.68. The van der Waals surface area contributed by atoms with Crippen molar-refractivity contribution >= 4 is 0 Å². The van der Waals surface area contributed by atoms with Crippen molar-refractivity contribution in [2.75, 3.05) is 0 Å². The lowest BCUT2D eigenvalue weighted by atomic mass is 10.0. The normalized spacial score (nSPS) is 10.6. The molecule has 1 heterocycles. The lowest BCUT2D eigenvalue weighted by Gasteiger charge is -2.09. The molecule has 0 aliphatic heterocycles. The molecule has 0 bridgehead atoms. The van der Waals surface area contributed by atoms with Crippen molar-refractivity contribution in [2.45, 2.75) is 26.7 Å². The van der Waals surface area contributed by atoms with Gasteiger partial charge in [-0.1, -0.05) is 61.9 Å². The number of hydrogen-bond acceptors (Lipinski definition) is 1. The highest BCUT2D eigenvalue weighted by Gasteiger charge is 2.05. The van der Waals surface area contributed by atoms with Crippen molar-refractivity contribution < 1.29 is 0 Å². The van der Waals surface area contributed by atoms with Gasteiger partial charge >= 0.3 is 0 Å². The van der Waals surface area contributed by atoms with E-state index in [2.05, 4.69) is 74.5 Å². The zero-order valence-corrected chi connectivity index (χ0v) is 13.2. The van der Waals surface area contributed by atoms with Crippen molar-refractivity contribution in [3.8, 4) is 22.4 Å². The average Bonchev–Trinajstić information content (AvgIpc) is 2.56. The monoisotopic (exact) mass is 287 g/mol. The molecule has 1 aromatic heterocycles. The van der Waals surface area contributed by atoms with E-state index in [1.54, 1.807) is 0 Å². The Morgan fingerprint density at radius 2 is 1.55 bits per heavy atom. The third-order valence-electron chi connectivity index (χ3n) is 3.82. The largest absolute Gasteiger partial charge is 0.253 e. The van der Waals surface area contributed by atoms with E-state index in [0.29, 0.717) is 0 Å². The molecule has 0 unspecified atom stereocenters. The van der Waals surface area contributed by atoms with E-state index >= 15 is 0 Å². The molecule has 1 heteroatoms. The third-order valence-corrected chi connectivity index (χ3v) is 3.82. The van der Waals surface area contributed by atoms with Gasteiger partial charge in [-0.05, 0) is 48.2 Å². The first-order valence-corrected chi connectivity index (χ1v) is 7.89. The van der Waals surface area contributed by atoms with Crippen LogP contribution >= 0.6 is 0 Å². The molecule has 22 heavy (non-hydrogen) atoms. The van der Waals surface area contributed by atoms with Crippen molar-refractivity contribution in [1.82, 2.24) is 4.98 Å². The summed E-state index contributed by atoms with van der Waals surface area (Å²) in [6.07, 6.45) is 2.28. The van der Waals surface area contributed by atoms with Gasteiger partial charge in [0, 0.05) is 11.3 Å². The van der Waals surface area contributed by atoms with Crippen LogP contribution in [0.5, 0.6) is 0 Å². The molecule has 0 aliphatic carbocycles. The Hall–Kier alpha value is -2.41. The smallest absolute Gasteiger partial charge is 0.0711 e. The van der Waals surface area contributed by atoms with Gasteiger partial charge in [0.1, 0.15) is 0 Å². The maximum Gasteiger partial charge on any atom is 0.0711 e. The first kappa shape index (κ1) is 14.5. The van der Waals surface area contributed by atoms with Gasteiger partial charge in [0.15, 0.2) is 0 Å². The molecule has 3 aromatic rings. The second kappa shape index (κ2) is 6.57.